The van der Waals surface area contributed by atoms with Gasteiger partial charge in [-0.2, -0.15) is 0 Å². The van der Waals surface area contributed by atoms with Crippen LogP contribution in [-0.4, -0.2) is 43.0 Å². The smallest absolute Gasteiger partial charge is 0.333 e. The van der Waals surface area contributed by atoms with Gasteiger partial charge in [-0.15, -0.1) is 0 Å². The third-order valence-electron chi connectivity index (χ3n) is 5.96. The molecule has 2 N–H and O–H groups in total. The second-order valence-corrected chi connectivity index (χ2v) is 8.54. The molecule has 4 bridgehead atoms. The minimum absolute atomic E-state index is 0.108. The molecule has 1 aliphatic rings. The molecule has 0 unspecified atom stereocenters. The van der Waals surface area contributed by atoms with Crippen molar-refractivity contribution in [2.75, 3.05) is 14.2 Å². The predicted molar refractivity (Wildman–Crippen MR) is 135 cm³/mol. The zero-order valence-electron chi connectivity index (χ0n) is 20.6. The van der Waals surface area contributed by atoms with Gasteiger partial charge in [-0.05, 0) is 35.4 Å². The normalized spacial score (nSPS) is 17.2. The number of nitro groups is 1. The van der Waals surface area contributed by atoms with Gasteiger partial charge in [-0.1, -0.05) is 30.3 Å². The maximum Gasteiger partial charge on any atom is 0.333 e. The summed E-state index contributed by atoms with van der Waals surface area (Å²) in [6.07, 6.45) is -0.267. The Labute approximate surface area is 217 Å². The highest BCUT2D eigenvalue weighted by molar-refractivity contribution is 5.92. The lowest BCUT2D eigenvalue weighted by Gasteiger charge is -2.24. The number of nitrogens with zero attached hydrogens (tertiary/aromatic N) is 1. The van der Waals surface area contributed by atoms with Gasteiger partial charge in [0.1, 0.15) is 23.3 Å². The summed E-state index contributed by atoms with van der Waals surface area (Å²) in [5, 5.41) is 16.9. The first-order valence-corrected chi connectivity index (χ1v) is 11.6. The minimum Gasteiger partial charge on any atom is -0.497 e. The molecule has 1 heterocycles. The van der Waals surface area contributed by atoms with Crippen molar-refractivity contribution in [2.24, 2.45) is 0 Å². The largest absolute Gasteiger partial charge is 0.497 e. The molecule has 0 aromatic heterocycles. The van der Waals surface area contributed by atoms with E-state index in [2.05, 4.69) is 10.6 Å². The van der Waals surface area contributed by atoms with Crippen molar-refractivity contribution in [1.82, 2.24) is 10.6 Å². The van der Waals surface area contributed by atoms with Crippen LogP contribution in [0.25, 0.3) is 0 Å². The van der Waals surface area contributed by atoms with Crippen LogP contribution in [0.2, 0.25) is 0 Å². The molecule has 0 saturated carbocycles. The monoisotopic (exact) mass is 519 g/mol. The van der Waals surface area contributed by atoms with Gasteiger partial charge >= 0.3 is 5.97 Å². The maximum absolute atomic E-state index is 13.5. The summed E-state index contributed by atoms with van der Waals surface area (Å²) in [5.41, 5.74) is 0.912. The molecule has 2 amide bonds. The molecular weight excluding hydrogens is 494 g/mol. The van der Waals surface area contributed by atoms with Crippen molar-refractivity contribution in [3.8, 4) is 17.2 Å². The maximum atomic E-state index is 13.5. The van der Waals surface area contributed by atoms with Gasteiger partial charge in [0.15, 0.2) is 6.04 Å². The quantitative estimate of drug-likeness (QED) is 0.297. The molecule has 3 aromatic carbocycles. The summed E-state index contributed by atoms with van der Waals surface area (Å²) in [6.45, 7) is 0. The van der Waals surface area contributed by atoms with Crippen molar-refractivity contribution in [2.45, 2.75) is 24.9 Å². The van der Waals surface area contributed by atoms with Crippen LogP contribution in [0.1, 0.15) is 22.7 Å². The van der Waals surface area contributed by atoms with Crippen molar-refractivity contribution in [3.63, 3.8) is 0 Å². The lowest BCUT2D eigenvalue weighted by atomic mass is 10.0. The van der Waals surface area contributed by atoms with E-state index in [-0.39, 0.29) is 35.6 Å². The molecule has 0 saturated heterocycles. The Morgan fingerprint density at radius 2 is 1.79 bits per heavy atom. The Bertz CT molecular complexity index is 1380. The van der Waals surface area contributed by atoms with Crippen LogP contribution in [0.3, 0.4) is 0 Å². The van der Waals surface area contributed by atoms with Gasteiger partial charge in [-0.25, -0.2) is 4.79 Å². The topological polar surface area (TPSA) is 146 Å². The molecule has 4 rings (SSSR count). The van der Waals surface area contributed by atoms with Crippen molar-refractivity contribution in [3.05, 3.63) is 93.5 Å². The van der Waals surface area contributed by atoms with E-state index in [4.69, 9.17) is 14.2 Å². The molecule has 11 nitrogen and oxygen atoms in total. The molecule has 0 radical (unpaired) electrons. The number of esters is 1. The number of nitro benzene ring substituents is 1. The van der Waals surface area contributed by atoms with E-state index < -0.39 is 34.8 Å². The molecule has 1 aliphatic heterocycles. The average Bonchev–Trinajstić information content (AvgIpc) is 2.90. The molecule has 3 aromatic rings. The second kappa shape index (κ2) is 11.4. The van der Waals surface area contributed by atoms with E-state index in [0.717, 1.165) is 5.56 Å². The Hall–Kier alpha value is -4.93. The van der Waals surface area contributed by atoms with Crippen molar-refractivity contribution in [1.29, 1.82) is 0 Å². The second-order valence-electron chi connectivity index (χ2n) is 8.54. The molecule has 0 fully saturated rings. The van der Waals surface area contributed by atoms with Crippen LogP contribution in [0.5, 0.6) is 17.2 Å². The van der Waals surface area contributed by atoms with Gasteiger partial charge in [0.2, 0.25) is 11.8 Å². The molecule has 196 valence electrons. The van der Waals surface area contributed by atoms with Crippen molar-refractivity contribution < 1.29 is 33.5 Å². The first kappa shape index (κ1) is 26.1. The fourth-order valence-corrected chi connectivity index (χ4v) is 4.13. The number of hydrogen-bond donors (Lipinski definition) is 2. The van der Waals surface area contributed by atoms with Crippen LogP contribution >= 0.6 is 0 Å². The minimum atomic E-state index is -1.24. The van der Waals surface area contributed by atoms with Crippen LogP contribution in [0.15, 0.2) is 66.7 Å². The number of nitrogens with one attached hydrogen (secondary N) is 2. The molecule has 0 spiro atoms. The molecule has 2 atom stereocenters. The number of hydrogen-bond acceptors (Lipinski definition) is 8. The summed E-state index contributed by atoms with van der Waals surface area (Å²) in [6, 6.07) is 15.3. The van der Waals surface area contributed by atoms with Gasteiger partial charge < -0.3 is 24.8 Å². The van der Waals surface area contributed by atoms with Crippen LogP contribution in [0.4, 0.5) is 5.69 Å². The molecule has 38 heavy (non-hydrogen) atoms. The fraction of sp³-hybridized carbons (Fsp3) is 0.222. The first-order chi connectivity index (χ1) is 18.3. The third kappa shape index (κ3) is 6.06. The van der Waals surface area contributed by atoms with E-state index in [1.807, 2.05) is 6.07 Å². The zero-order valence-corrected chi connectivity index (χ0v) is 20.6. The number of benzene rings is 3. The number of carbonyl (C=O) groups is 3. The van der Waals surface area contributed by atoms with Crippen molar-refractivity contribution >= 4 is 23.5 Å². The summed E-state index contributed by atoms with van der Waals surface area (Å²) < 4.78 is 16.2. The summed E-state index contributed by atoms with van der Waals surface area (Å²) in [7, 11) is 2.63. The van der Waals surface area contributed by atoms with E-state index in [9.17, 15) is 24.5 Å². The Morgan fingerprint density at radius 3 is 2.47 bits per heavy atom. The zero-order chi connectivity index (χ0) is 27.2. The Kier molecular flexibility index (Phi) is 7.86. The van der Waals surface area contributed by atoms with Gasteiger partial charge in [0.25, 0.3) is 5.69 Å². The molecule has 0 aliphatic carbocycles. The van der Waals surface area contributed by atoms with Crippen LogP contribution in [-0.2, 0) is 32.0 Å². The van der Waals surface area contributed by atoms with Gasteiger partial charge in [0, 0.05) is 24.1 Å². The number of amides is 2. The highest BCUT2D eigenvalue weighted by atomic mass is 16.6. The van der Waals surface area contributed by atoms with Crippen LogP contribution < -0.4 is 20.1 Å². The molecule has 11 heteroatoms. The lowest BCUT2D eigenvalue weighted by molar-refractivity contribution is -0.385. The number of methoxy groups -OCH3 is 2. The SMILES string of the molecule is COC(=O)[C@H]1NC(=O)[C@@H](Cc2ccccc2)NC(=O)Cc2cc(ccc2[N+](=O)[O-])Oc2cc(OC)cc1c2. The van der Waals surface area contributed by atoms with E-state index in [0.29, 0.717) is 11.3 Å². The van der Waals surface area contributed by atoms with Gasteiger partial charge in [-0.3, -0.25) is 19.7 Å². The van der Waals surface area contributed by atoms with Crippen LogP contribution in [0, 0.1) is 10.1 Å². The summed E-state index contributed by atoms with van der Waals surface area (Å²) in [5.74, 6) is -1.20. The average molecular weight is 520 g/mol. The summed E-state index contributed by atoms with van der Waals surface area (Å²) in [4.78, 5) is 50.3. The van der Waals surface area contributed by atoms with Gasteiger partial charge in [0.05, 0.1) is 25.6 Å². The Morgan fingerprint density at radius 1 is 1.03 bits per heavy atom. The van der Waals surface area contributed by atoms with E-state index >= 15 is 0 Å². The summed E-state index contributed by atoms with van der Waals surface area (Å²) >= 11 is 0. The number of rotatable bonds is 5. The third-order valence-corrected chi connectivity index (χ3v) is 5.96. The highest BCUT2D eigenvalue weighted by Gasteiger charge is 2.30. The molecular formula is C27H25N3O8. The standard InChI is InChI=1S/C27H25N3O8/c1-36-20-12-18-13-21(15-20)38-19-8-9-23(30(34)35)17(11-19)14-24(31)28-22(10-16-6-4-3-5-7-16)26(32)29-25(18)27(33)37-2/h3-9,11-13,15,22,25H,10,14H2,1-2H3,(H,28,31)(H,29,32)/t22-,25+/m1/s1. The number of fused-ring (bicyclic) bond motifs is 4. The lowest BCUT2D eigenvalue weighted by Crippen LogP contribution is -2.50. The Balaban J connectivity index is 1.84. The first-order valence-electron chi connectivity index (χ1n) is 11.6. The number of carbonyl (C=O) groups excluding carboxylic acids is 3. The highest BCUT2D eigenvalue weighted by Crippen LogP contribution is 2.33. The number of ether oxygens (including phenoxy) is 3. The fourth-order valence-electron chi connectivity index (χ4n) is 4.13. The predicted octanol–water partition coefficient (Wildman–Crippen LogP) is 3.01. The van der Waals surface area contributed by atoms with E-state index in [1.54, 1.807) is 36.4 Å². The van der Waals surface area contributed by atoms with E-state index in [1.165, 1.54) is 38.5 Å².